The highest BCUT2D eigenvalue weighted by Gasteiger charge is 2.52. The maximum atomic E-state index is 12.9. The fraction of sp³-hybridized carbons (Fsp3) is 0.440. The van der Waals surface area contributed by atoms with Gasteiger partial charge >= 0.3 is 5.97 Å². The maximum Gasteiger partial charge on any atom is 0.316 e. The number of likely N-dealkylation sites (tertiary alicyclic amines) is 1. The molecular weight excluding hydrogens is 447 g/mol. The summed E-state index contributed by atoms with van der Waals surface area (Å²) in [6.07, 6.45) is 3.42. The van der Waals surface area contributed by atoms with Gasteiger partial charge in [0.15, 0.2) is 0 Å². The Kier molecular flexibility index (Phi) is 7.08. The second-order valence-corrected chi connectivity index (χ2v) is 9.46. The average Bonchev–Trinajstić information content (AvgIpc) is 3.59. The molecule has 1 aliphatic carbocycles. The summed E-state index contributed by atoms with van der Waals surface area (Å²) in [6.45, 7) is 4.41. The Bertz CT molecular complexity index is 969. The summed E-state index contributed by atoms with van der Waals surface area (Å²) in [5, 5.41) is 4.34. The lowest BCUT2D eigenvalue weighted by atomic mass is 9.95. The fourth-order valence-corrected chi connectivity index (χ4v) is 4.96. The minimum atomic E-state index is -0.498. The zero-order chi connectivity index (χ0) is 22.7. The molecule has 5 nitrogen and oxygen atoms in total. The number of nitrogens with zero attached hydrogens (tertiary/aromatic N) is 1. The van der Waals surface area contributed by atoms with Gasteiger partial charge in [0.1, 0.15) is 0 Å². The normalized spacial score (nSPS) is 19.9. The third kappa shape index (κ3) is 4.95. The van der Waals surface area contributed by atoms with Gasteiger partial charge in [-0.1, -0.05) is 41.4 Å². The lowest BCUT2D eigenvalue weighted by Gasteiger charge is -2.32. The van der Waals surface area contributed by atoms with Crippen molar-refractivity contribution in [2.24, 2.45) is 5.92 Å². The minimum absolute atomic E-state index is 0.0132. The number of benzene rings is 2. The summed E-state index contributed by atoms with van der Waals surface area (Å²) in [6, 6.07) is 13.1. The van der Waals surface area contributed by atoms with Gasteiger partial charge in [-0.05, 0) is 69.0 Å². The number of rotatable bonds is 7. The van der Waals surface area contributed by atoms with E-state index in [1.54, 1.807) is 0 Å². The molecule has 0 aromatic heterocycles. The summed E-state index contributed by atoms with van der Waals surface area (Å²) in [5.74, 6) is -0.240. The molecule has 0 radical (unpaired) electrons. The van der Waals surface area contributed by atoms with E-state index >= 15 is 0 Å². The van der Waals surface area contributed by atoms with E-state index in [0.29, 0.717) is 29.7 Å². The Hall–Kier alpha value is -2.08. The largest absolute Gasteiger partial charge is 0.465 e. The van der Waals surface area contributed by atoms with Crippen LogP contribution in [-0.4, -0.2) is 36.5 Å². The molecule has 1 amide bonds. The number of piperidine rings is 1. The average molecular weight is 475 g/mol. The summed E-state index contributed by atoms with van der Waals surface area (Å²) in [4.78, 5) is 27.4. The van der Waals surface area contributed by atoms with E-state index in [1.165, 1.54) is 0 Å². The lowest BCUT2D eigenvalue weighted by molar-refractivity contribution is -0.146. The van der Waals surface area contributed by atoms with E-state index in [9.17, 15) is 9.59 Å². The monoisotopic (exact) mass is 474 g/mol. The van der Waals surface area contributed by atoms with Gasteiger partial charge < -0.3 is 10.1 Å². The first-order valence-electron chi connectivity index (χ1n) is 11.2. The molecule has 0 bridgehead atoms. The Morgan fingerprint density at radius 2 is 1.81 bits per heavy atom. The zero-order valence-electron chi connectivity index (χ0n) is 18.2. The van der Waals surface area contributed by atoms with Gasteiger partial charge in [-0.2, -0.15) is 0 Å². The number of carbonyl (C=O) groups excluding carboxylic acids is 2. The van der Waals surface area contributed by atoms with Crippen LogP contribution in [0, 0.1) is 5.92 Å². The van der Waals surface area contributed by atoms with Gasteiger partial charge in [-0.15, -0.1) is 0 Å². The highest BCUT2D eigenvalue weighted by molar-refractivity contribution is 6.35. The Morgan fingerprint density at radius 1 is 1.12 bits per heavy atom. The number of carbonyl (C=O) groups is 2. The number of hydrogen-bond acceptors (Lipinski definition) is 4. The molecule has 2 aliphatic rings. The second kappa shape index (κ2) is 9.82. The van der Waals surface area contributed by atoms with Gasteiger partial charge in [0.25, 0.3) is 0 Å². The number of amides is 1. The molecule has 1 saturated heterocycles. The molecule has 0 unspecified atom stereocenters. The maximum absolute atomic E-state index is 12.9. The summed E-state index contributed by atoms with van der Waals surface area (Å²) >= 11 is 12.6. The van der Waals surface area contributed by atoms with Crippen LogP contribution in [0.1, 0.15) is 43.7 Å². The van der Waals surface area contributed by atoms with Crippen LogP contribution in [0.4, 0.5) is 5.69 Å². The molecule has 1 atom stereocenters. The molecule has 170 valence electrons. The summed E-state index contributed by atoms with van der Waals surface area (Å²) < 4.78 is 5.24. The van der Waals surface area contributed by atoms with Crippen LogP contribution in [-0.2, 0) is 26.3 Å². The Balaban J connectivity index is 1.36. The van der Waals surface area contributed by atoms with Crippen LogP contribution in [0.2, 0.25) is 10.0 Å². The van der Waals surface area contributed by atoms with E-state index in [2.05, 4.69) is 10.2 Å². The molecule has 1 aliphatic heterocycles. The Labute approximate surface area is 199 Å². The van der Waals surface area contributed by atoms with Crippen molar-refractivity contribution >= 4 is 40.8 Å². The van der Waals surface area contributed by atoms with E-state index in [-0.39, 0.29) is 17.8 Å². The van der Waals surface area contributed by atoms with Gasteiger partial charge in [0.2, 0.25) is 5.91 Å². The SMILES string of the molecule is CCOC(=O)C1(c2ccc(NC(=O)[C@H]3CCCN(Cc4c(Cl)cccc4Cl)C3)cc2)CC1. The van der Waals surface area contributed by atoms with Crippen molar-refractivity contribution in [2.75, 3.05) is 25.0 Å². The molecule has 2 aromatic carbocycles. The molecule has 0 spiro atoms. The van der Waals surface area contributed by atoms with Crippen molar-refractivity contribution in [3.8, 4) is 0 Å². The lowest BCUT2D eigenvalue weighted by Crippen LogP contribution is -2.40. The van der Waals surface area contributed by atoms with Crippen molar-refractivity contribution in [3.05, 3.63) is 63.6 Å². The molecule has 7 heteroatoms. The van der Waals surface area contributed by atoms with Crippen LogP contribution in [0.25, 0.3) is 0 Å². The first-order chi connectivity index (χ1) is 15.4. The Morgan fingerprint density at radius 3 is 2.44 bits per heavy atom. The number of hydrogen-bond donors (Lipinski definition) is 1. The molecular formula is C25H28Cl2N2O3. The summed E-state index contributed by atoms with van der Waals surface area (Å²) in [7, 11) is 0. The van der Waals surface area contributed by atoms with E-state index in [0.717, 1.165) is 49.0 Å². The van der Waals surface area contributed by atoms with Crippen LogP contribution in [0.15, 0.2) is 42.5 Å². The molecule has 32 heavy (non-hydrogen) atoms. The smallest absolute Gasteiger partial charge is 0.316 e. The first kappa shape index (κ1) is 23.1. The van der Waals surface area contributed by atoms with Crippen LogP contribution >= 0.6 is 23.2 Å². The minimum Gasteiger partial charge on any atom is -0.465 e. The van der Waals surface area contributed by atoms with E-state index < -0.39 is 5.41 Å². The van der Waals surface area contributed by atoms with E-state index in [1.807, 2.05) is 49.4 Å². The number of anilines is 1. The standard InChI is InChI=1S/C25H28Cl2N2O3/c1-2-32-24(31)25(12-13-25)18-8-10-19(11-9-18)28-23(30)17-5-4-14-29(15-17)16-20-21(26)6-3-7-22(20)27/h3,6-11,17H,2,4-5,12-16H2,1H3,(H,28,30)/t17-/m0/s1. The number of esters is 1. The van der Waals surface area contributed by atoms with Crippen LogP contribution < -0.4 is 5.32 Å². The summed E-state index contributed by atoms with van der Waals surface area (Å²) in [5.41, 5.74) is 2.10. The highest BCUT2D eigenvalue weighted by atomic mass is 35.5. The number of ether oxygens (including phenoxy) is 1. The quantitative estimate of drug-likeness (QED) is 0.542. The van der Waals surface area contributed by atoms with Crippen LogP contribution in [0.3, 0.4) is 0 Å². The predicted molar refractivity (Wildman–Crippen MR) is 127 cm³/mol. The van der Waals surface area contributed by atoms with Gasteiger partial charge in [-0.25, -0.2) is 0 Å². The van der Waals surface area contributed by atoms with Crippen molar-refractivity contribution < 1.29 is 14.3 Å². The van der Waals surface area contributed by atoms with Gasteiger partial charge in [0, 0.05) is 34.4 Å². The molecule has 4 rings (SSSR count). The van der Waals surface area contributed by atoms with Crippen molar-refractivity contribution in [3.63, 3.8) is 0 Å². The molecule has 1 N–H and O–H groups in total. The molecule has 1 heterocycles. The predicted octanol–water partition coefficient (Wildman–Crippen LogP) is 5.44. The zero-order valence-corrected chi connectivity index (χ0v) is 19.7. The third-order valence-corrected chi connectivity index (χ3v) is 7.15. The van der Waals surface area contributed by atoms with E-state index in [4.69, 9.17) is 27.9 Å². The van der Waals surface area contributed by atoms with Crippen LogP contribution in [0.5, 0.6) is 0 Å². The van der Waals surface area contributed by atoms with Crippen molar-refractivity contribution in [2.45, 2.75) is 44.6 Å². The molecule has 1 saturated carbocycles. The second-order valence-electron chi connectivity index (χ2n) is 8.64. The van der Waals surface area contributed by atoms with Gasteiger partial charge in [-0.3, -0.25) is 14.5 Å². The number of nitrogens with one attached hydrogen (secondary N) is 1. The highest BCUT2D eigenvalue weighted by Crippen LogP contribution is 2.49. The molecule has 2 fully saturated rings. The molecule has 2 aromatic rings. The third-order valence-electron chi connectivity index (χ3n) is 6.44. The van der Waals surface area contributed by atoms with Gasteiger partial charge in [0.05, 0.1) is 17.9 Å². The van der Waals surface area contributed by atoms with Crippen molar-refractivity contribution in [1.82, 2.24) is 4.90 Å². The van der Waals surface area contributed by atoms with Crippen molar-refractivity contribution in [1.29, 1.82) is 0 Å². The topological polar surface area (TPSA) is 58.6 Å². The fourth-order valence-electron chi connectivity index (χ4n) is 4.44. The first-order valence-corrected chi connectivity index (χ1v) is 11.9. The number of halogens is 2.